The molecule has 2 atom stereocenters. The van der Waals surface area contributed by atoms with Crippen molar-refractivity contribution in [2.24, 2.45) is 0 Å². The molecule has 2 rings (SSSR count). The van der Waals surface area contributed by atoms with Gasteiger partial charge in [-0.05, 0) is 12.1 Å². The number of hydrogen-bond donors (Lipinski definition) is 2. The van der Waals surface area contributed by atoms with E-state index in [0.717, 1.165) is 5.56 Å². The van der Waals surface area contributed by atoms with Crippen molar-refractivity contribution in [3.05, 3.63) is 35.9 Å². The van der Waals surface area contributed by atoms with E-state index in [4.69, 9.17) is 4.74 Å². The highest BCUT2D eigenvalue weighted by Crippen LogP contribution is 2.22. The van der Waals surface area contributed by atoms with Gasteiger partial charge in [-0.3, -0.25) is 4.79 Å². The molecule has 7 heteroatoms. The van der Waals surface area contributed by atoms with Crippen molar-refractivity contribution in [3.63, 3.8) is 0 Å². The van der Waals surface area contributed by atoms with E-state index in [1.807, 2.05) is 30.3 Å². The largest absolute Gasteiger partial charge is 0.389 e. The molecule has 1 heterocycles. The zero-order valence-electron chi connectivity index (χ0n) is 13.2. The number of aliphatic hydroxyl groups is 1. The number of amides is 1. The van der Waals surface area contributed by atoms with Crippen LogP contribution in [-0.2, 0) is 16.1 Å². The number of benzene rings is 1. The number of carbonyl (C=O) groups is 1. The Kier molecular flexibility index (Phi) is 7.91. The lowest BCUT2D eigenvalue weighted by Crippen LogP contribution is -2.48. The monoisotopic (exact) mass is 346 g/mol. The second-order valence-corrected chi connectivity index (χ2v) is 5.73. The van der Waals surface area contributed by atoms with E-state index in [-0.39, 0.29) is 38.5 Å². The minimum Gasteiger partial charge on any atom is -0.389 e. The third kappa shape index (κ3) is 5.73. The van der Waals surface area contributed by atoms with Crippen molar-refractivity contribution in [3.8, 4) is 0 Å². The van der Waals surface area contributed by atoms with Crippen molar-refractivity contribution in [2.75, 3.05) is 33.3 Å². The molecule has 1 fully saturated rings. The molecule has 130 valence electrons. The second kappa shape index (κ2) is 9.17. The third-order valence-electron chi connectivity index (χ3n) is 3.74. The Hall–Kier alpha value is -1.21. The van der Waals surface area contributed by atoms with Crippen molar-refractivity contribution >= 4 is 18.3 Å². The molecular formula is C16H24ClFN2O3. The lowest BCUT2D eigenvalue weighted by atomic mass is 10.0. The zero-order valence-corrected chi connectivity index (χ0v) is 14.0. The minimum absolute atomic E-state index is 0. The molecule has 1 aliphatic heterocycles. The third-order valence-corrected chi connectivity index (χ3v) is 3.74. The maximum Gasteiger partial charge on any atom is 0.261 e. The number of rotatable bonds is 7. The van der Waals surface area contributed by atoms with Crippen LogP contribution in [0.25, 0.3) is 0 Å². The number of alkyl halides is 1. The van der Waals surface area contributed by atoms with Crippen LogP contribution in [-0.4, -0.2) is 61.0 Å². The quantitative estimate of drug-likeness (QED) is 0.777. The highest BCUT2D eigenvalue weighted by Gasteiger charge is 2.43. The first-order valence-corrected chi connectivity index (χ1v) is 7.46. The molecule has 0 saturated carbocycles. The van der Waals surface area contributed by atoms with Gasteiger partial charge in [0.1, 0.15) is 0 Å². The van der Waals surface area contributed by atoms with Gasteiger partial charge in [-0.15, -0.1) is 12.4 Å². The first kappa shape index (κ1) is 19.8. The summed E-state index contributed by atoms with van der Waals surface area (Å²) in [6.45, 7) is 1.09. The summed E-state index contributed by atoms with van der Waals surface area (Å²) in [6, 6.07) is 9.61. The molecule has 0 aromatic heterocycles. The fraction of sp³-hybridized carbons (Fsp3) is 0.562. The van der Waals surface area contributed by atoms with Crippen LogP contribution < -0.4 is 5.32 Å². The van der Waals surface area contributed by atoms with Gasteiger partial charge >= 0.3 is 0 Å². The second-order valence-electron chi connectivity index (χ2n) is 5.73. The SMILES string of the molecule is CN(CC(O)COCc1ccccc1)C(=O)C1(F)CCNC1.Cl. The number of nitrogens with one attached hydrogen (secondary N) is 1. The van der Waals surface area contributed by atoms with Gasteiger partial charge in [-0.2, -0.15) is 0 Å². The van der Waals surface area contributed by atoms with Gasteiger partial charge in [-0.1, -0.05) is 30.3 Å². The van der Waals surface area contributed by atoms with E-state index in [1.54, 1.807) is 0 Å². The van der Waals surface area contributed by atoms with E-state index in [9.17, 15) is 14.3 Å². The van der Waals surface area contributed by atoms with Crippen LogP contribution in [0.15, 0.2) is 30.3 Å². The van der Waals surface area contributed by atoms with Gasteiger partial charge in [0, 0.05) is 26.6 Å². The molecule has 0 aliphatic carbocycles. The van der Waals surface area contributed by atoms with Crippen molar-refractivity contribution in [2.45, 2.75) is 24.8 Å². The average Bonchev–Trinajstić information content (AvgIpc) is 2.95. The predicted molar refractivity (Wildman–Crippen MR) is 88.3 cm³/mol. The summed E-state index contributed by atoms with van der Waals surface area (Å²) < 4.78 is 19.7. The highest BCUT2D eigenvalue weighted by atomic mass is 35.5. The first-order valence-electron chi connectivity index (χ1n) is 7.46. The molecule has 0 radical (unpaired) electrons. The Morgan fingerprint density at radius 1 is 1.48 bits per heavy atom. The molecule has 1 aromatic carbocycles. The van der Waals surface area contributed by atoms with Crippen LogP contribution in [0.3, 0.4) is 0 Å². The van der Waals surface area contributed by atoms with Gasteiger partial charge in [0.15, 0.2) is 0 Å². The molecule has 0 spiro atoms. The summed E-state index contributed by atoms with van der Waals surface area (Å²) >= 11 is 0. The van der Waals surface area contributed by atoms with Crippen molar-refractivity contribution in [1.29, 1.82) is 0 Å². The molecule has 23 heavy (non-hydrogen) atoms. The molecular weight excluding hydrogens is 323 g/mol. The Morgan fingerprint density at radius 3 is 2.78 bits per heavy atom. The fourth-order valence-corrected chi connectivity index (χ4v) is 2.52. The Balaban J connectivity index is 0.00000264. The molecule has 1 saturated heterocycles. The molecule has 1 amide bonds. The number of aliphatic hydroxyl groups excluding tert-OH is 1. The van der Waals surface area contributed by atoms with Crippen molar-refractivity contribution in [1.82, 2.24) is 10.2 Å². The Morgan fingerprint density at radius 2 is 2.17 bits per heavy atom. The van der Waals surface area contributed by atoms with E-state index in [1.165, 1.54) is 11.9 Å². The van der Waals surface area contributed by atoms with Crippen LogP contribution in [0.2, 0.25) is 0 Å². The minimum atomic E-state index is -1.85. The fourth-order valence-electron chi connectivity index (χ4n) is 2.52. The summed E-state index contributed by atoms with van der Waals surface area (Å²) in [6.07, 6.45) is -0.660. The Bertz CT molecular complexity index is 483. The maximum atomic E-state index is 14.3. The van der Waals surface area contributed by atoms with E-state index < -0.39 is 17.7 Å². The molecule has 1 aromatic rings. The Labute approximate surface area is 142 Å². The summed E-state index contributed by atoms with van der Waals surface area (Å²) in [5, 5.41) is 12.8. The van der Waals surface area contributed by atoms with Gasteiger partial charge < -0.3 is 20.1 Å². The lowest BCUT2D eigenvalue weighted by Gasteiger charge is -2.27. The molecule has 2 N–H and O–H groups in total. The van der Waals surface area contributed by atoms with E-state index in [0.29, 0.717) is 13.2 Å². The highest BCUT2D eigenvalue weighted by molar-refractivity contribution is 5.86. The normalized spacial score (nSPS) is 21.5. The number of hydrogen-bond acceptors (Lipinski definition) is 4. The molecule has 2 unspecified atom stereocenters. The topological polar surface area (TPSA) is 61.8 Å². The predicted octanol–water partition coefficient (Wildman–Crippen LogP) is 1.15. The number of nitrogens with zero attached hydrogens (tertiary/aromatic N) is 1. The van der Waals surface area contributed by atoms with Crippen molar-refractivity contribution < 1.29 is 19.0 Å². The smallest absolute Gasteiger partial charge is 0.261 e. The van der Waals surface area contributed by atoms with Crippen LogP contribution in [0, 0.1) is 0 Å². The molecule has 1 aliphatic rings. The number of likely N-dealkylation sites (N-methyl/N-ethyl adjacent to an activating group) is 1. The standard InChI is InChI=1S/C16H23FN2O3.ClH/c1-19(15(21)16(17)7-8-18-12-16)9-14(20)11-22-10-13-5-3-2-4-6-13;/h2-6,14,18,20H,7-12H2,1H3;1H. The van der Waals surface area contributed by atoms with Gasteiger partial charge in [-0.25, -0.2) is 4.39 Å². The molecule has 5 nitrogen and oxygen atoms in total. The number of halogens is 2. The summed E-state index contributed by atoms with van der Waals surface area (Å²) in [7, 11) is 1.50. The van der Waals surface area contributed by atoms with E-state index in [2.05, 4.69) is 5.32 Å². The summed E-state index contributed by atoms with van der Waals surface area (Å²) in [5.41, 5.74) is -0.835. The van der Waals surface area contributed by atoms with Crippen LogP contribution in [0.5, 0.6) is 0 Å². The average molecular weight is 347 g/mol. The van der Waals surface area contributed by atoms with Gasteiger partial charge in [0.05, 0.1) is 19.3 Å². The first-order chi connectivity index (χ1) is 10.5. The maximum absolute atomic E-state index is 14.3. The van der Waals surface area contributed by atoms with Gasteiger partial charge in [0.2, 0.25) is 5.67 Å². The van der Waals surface area contributed by atoms with Crippen LogP contribution in [0.1, 0.15) is 12.0 Å². The lowest BCUT2D eigenvalue weighted by molar-refractivity contribution is -0.143. The molecule has 0 bridgehead atoms. The van der Waals surface area contributed by atoms with Crippen LogP contribution >= 0.6 is 12.4 Å². The number of ether oxygens (including phenoxy) is 1. The van der Waals surface area contributed by atoms with Gasteiger partial charge in [0.25, 0.3) is 5.91 Å². The summed E-state index contributed by atoms with van der Waals surface area (Å²) in [4.78, 5) is 13.3. The van der Waals surface area contributed by atoms with Crippen LogP contribution in [0.4, 0.5) is 4.39 Å². The number of carbonyl (C=O) groups excluding carboxylic acids is 1. The zero-order chi connectivity index (χ0) is 16.0. The van der Waals surface area contributed by atoms with E-state index >= 15 is 0 Å². The summed E-state index contributed by atoms with van der Waals surface area (Å²) in [5.74, 6) is -0.584.